The minimum atomic E-state index is -0.598. The molecule has 9 heteroatoms. The van der Waals surface area contributed by atoms with Gasteiger partial charge in [-0.3, -0.25) is 24.4 Å². The average Bonchev–Trinajstić information content (AvgIpc) is 3.47. The van der Waals surface area contributed by atoms with Gasteiger partial charge in [0.25, 0.3) is 5.91 Å². The monoisotopic (exact) mass is 408 g/mol. The number of piperidine rings is 1. The molecule has 3 amide bonds. The lowest BCUT2D eigenvalue weighted by molar-refractivity contribution is -0.136. The van der Waals surface area contributed by atoms with E-state index in [9.17, 15) is 14.4 Å². The summed E-state index contributed by atoms with van der Waals surface area (Å²) in [6.07, 6.45) is 3.67. The first kappa shape index (κ1) is 18.8. The molecule has 4 heterocycles. The van der Waals surface area contributed by atoms with Crippen molar-refractivity contribution in [3.8, 4) is 0 Å². The number of aromatic nitrogens is 2. The number of nitrogens with one attached hydrogen (secondary N) is 3. The summed E-state index contributed by atoms with van der Waals surface area (Å²) in [6, 6.07) is 7.50. The SMILES string of the molecule is O=C1CCC(N2Cc3cccc(CNc4ccn(C5CCNC5)n4)c3C2=O)C(=O)N1. The average molecular weight is 408 g/mol. The summed E-state index contributed by atoms with van der Waals surface area (Å²) in [5.74, 6) is -0.0522. The van der Waals surface area contributed by atoms with Gasteiger partial charge < -0.3 is 15.5 Å². The number of carbonyl (C=O) groups is 3. The Morgan fingerprint density at radius 3 is 2.87 bits per heavy atom. The number of nitrogens with zero attached hydrogens (tertiary/aromatic N) is 3. The van der Waals surface area contributed by atoms with E-state index in [-0.39, 0.29) is 24.1 Å². The fourth-order valence-electron chi connectivity index (χ4n) is 4.52. The number of carbonyl (C=O) groups excluding carboxylic acids is 3. The van der Waals surface area contributed by atoms with Crippen LogP contribution in [0.15, 0.2) is 30.5 Å². The van der Waals surface area contributed by atoms with E-state index in [0.717, 1.165) is 36.5 Å². The highest BCUT2D eigenvalue weighted by Gasteiger charge is 2.39. The lowest BCUT2D eigenvalue weighted by Gasteiger charge is -2.29. The van der Waals surface area contributed by atoms with Crippen molar-refractivity contribution < 1.29 is 14.4 Å². The molecule has 1 aromatic heterocycles. The summed E-state index contributed by atoms with van der Waals surface area (Å²) in [6.45, 7) is 2.79. The van der Waals surface area contributed by atoms with Crippen LogP contribution in [0.5, 0.6) is 0 Å². The second kappa shape index (κ2) is 7.56. The van der Waals surface area contributed by atoms with Crippen LogP contribution in [-0.2, 0) is 22.7 Å². The molecule has 2 aromatic rings. The van der Waals surface area contributed by atoms with Crippen LogP contribution in [0, 0.1) is 0 Å². The highest BCUT2D eigenvalue weighted by atomic mass is 16.2. The Labute approximate surface area is 173 Å². The minimum absolute atomic E-state index is 0.153. The number of imide groups is 1. The Kier molecular flexibility index (Phi) is 4.74. The molecular formula is C21H24N6O3. The first-order chi connectivity index (χ1) is 14.6. The topological polar surface area (TPSA) is 108 Å². The third-order valence-corrected chi connectivity index (χ3v) is 6.12. The van der Waals surface area contributed by atoms with Crippen molar-refractivity contribution in [1.82, 2.24) is 25.3 Å². The zero-order chi connectivity index (χ0) is 20.7. The minimum Gasteiger partial charge on any atom is -0.364 e. The summed E-state index contributed by atoms with van der Waals surface area (Å²) in [5.41, 5.74) is 2.44. The van der Waals surface area contributed by atoms with Gasteiger partial charge in [-0.2, -0.15) is 5.10 Å². The summed E-state index contributed by atoms with van der Waals surface area (Å²) >= 11 is 0. The zero-order valence-electron chi connectivity index (χ0n) is 16.6. The van der Waals surface area contributed by atoms with E-state index >= 15 is 0 Å². The molecule has 5 rings (SSSR count). The highest BCUT2D eigenvalue weighted by molar-refractivity contribution is 6.06. The molecule has 2 saturated heterocycles. The second-order valence-electron chi connectivity index (χ2n) is 8.03. The molecule has 9 nitrogen and oxygen atoms in total. The van der Waals surface area contributed by atoms with Gasteiger partial charge in [0.1, 0.15) is 11.9 Å². The Hall–Kier alpha value is -3.20. The normalized spacial score (nSPS) is 23.6. The number of anilines is 1. The number of fused-ring (bicyclic) bond motifs is 1. The van der Waals surface area contributed by atoms with Crippen LogP contribution in [0.4, 0.5) is 5.82 Å². The van der Waals surface area contributed by atoms with Crippen LogP contribution in [0.2, 0.25) is 0 Å². The molecular weight excluding hydrogens is 384 g/mol. The second-order valence-corrected chi connectivity index (χ2v) is 8.03. The molecule has 0 saturated carbocycles. The molecule has 2 unspecified atom stereocenters. The Balaban J connectivity index is 1.30. The Morgan fingerprint density at radius 1 is 1.17 bits per heavy atom. The maximum absolute atomic E-state index is 13.1. The first-order valence-corrected chi connectivity index (χ1v) is 10.4. The molecule has 3 aliphatic heterocycles. The van der Waals surface area contributed by atoms with E-state index in [4.69, 9.17) is 0 Å². The van der Waals surface area contributed by atoms with E-state index in [2.05, 4.69) is 21.0 Å². The van der Waals surface area contributed by atoms with E-state index in [1.165, 1.54) is 0 Å². The predicted molar refractivity (Wildman–Crippen MR) is 109 cm³/mol. The number of hydrogen-bond acceptors (Lipinski definition) is 6. The fourth-order valence-corrected chi connectivity index (χ4v) is 4.52. The summed E-state index contributed by atoms with van der Waals surface area (Å²) < 4.78 is 1.98. The van der Waals surface area contributed by atoms with Crippen LogP contribution in [0.1, 0.15) is 46.8 Å². The van der Waals surface area contributed by atoms with E-state index in [1.807, 2.05) is 35.1 Å². The Bertz CT molecular complexity index is 1010. The van der Waals surface area contributed by atoms with Crippen molar-refractivity contribution in [3.05, 3.63) is 47.2 Å². The van der Waals surface area contributed by atoms with Crippen LogP contribution < -0.4 is 16.0 Å². The number of benzene rings is 1. The quantitative estimate of drug-likeness (QED) is 0.632. The third-order valence-electron chi connectivity index (χ3n) is 6.12. The van der Waals surface area contributed by atoms with Gasteiger partial charge in [-0.05, 0) is 30.5 Å². The van der Waals surface area contributed by atoms with Crippen LogP contribution in [-0.4, -0.2) is 51.5 Å². The van der Waals surface area contributed by atoms with Crippen molar-refractivity contribution >= 4 is 23.5 Å². The molecule has 2 fully saturated rings. The molecule has 3 N–H and O–H groups in total. The maximum Gasteiger partial charge on any atom is 0.255 e. The lowest BCUT2D eigenvalue weighted by Crippen LogP contribution is -2.52. The Morgan fingerprint density at radius 2 is 2.07 bits per heavy atom. The zero-order valence-corrected chi connectivity index (χ0v) is 16.6. The molecule has 0 spiro atoms. The molecule has 2 atom stereocenters. The predicted octanol–water partition coefficient (Wildman–Crippen LogP) is 0.791. The van der Waals surface area contributed by atoms with Gasteiger partial charge in [0.2, 0.25) is 11.8 Å². The standard InChI is InChI=1S/C21H24N6O3/c28-18-5-4-16(20(29)24-18)26-12-14-3-1-2-13(19(14)21(26)30)10-23-17-7-9-27(25-17)15-6-8-22-11-15/h1-3,7,9,15-16,22H,4-6,8,10-12H2,(H,23,25)(H,24,28,29). The van der Waals surface area contributed by atoms with Crippen molar-refractivity contribution in [2.75, 3.05) is 18.4 Å². The van der Waals surface area contributed by atoms with Gasteiger partial charge in [0.15, 0.2) is 0 Å². The van der Waals surface area contributed by atoms with E-state index < -0.39 is 6.04 Å². The largest absolute Gasteiger partial charge is 0.364 e. The van der Waals surface area contributed by atoms with Gasteiger partial charge in [-0.1, -0.05) is 18.2 Å². The fraction of sp³-hybridized carbons (Fsp3) is 0.429. The van der Waals surface area contributed by atoms with Crippen molar-refractivity contribution in [3.63, 3.8) is 0 Å². The molecule has 0 radical (unpaired) electrons. The lowest BCUT2D eigenvalue weighted by atomic mass is 10.0. The molecule has 0 bridgehead atoms. The number of amides is 3. The summed E-state index contributed by atoms with van der Waals surface area (Å²) in [5, 5.41) is 13.6. The molecule has 30 heavy (non-hydrogen) atoms. The maximum atomic E-state index is 13.1. The van der Waals surface area contributed by atoms with Crippen LogP contribution >= 0.6 is 0 Å². The van der Waals surface area contributed by atoms with Gasteiger partial charge in [-0.15, -0.1) is 0 Å². The van der Waals surface area contributed by atoms with Crippen molar-refractivity contribution in [1.29, 1.82) is 0 Å². The smallest absolute Gasteiger partial charge is 0.255 e. The molecule has 156 valence electrons. The van der Waals surface area contributed by atoms with Crippen LogP contribution in [0.25, 0.3) is 0 Å². The van der Waals surface area contributed by atoms with Crippen molar-refractivity contribution in [2.45, 2.75) is 44.4 Å². The summed E-state index contributed by atoms with van der Waals surface area (Å²) in [4.78, 5) is 38.4. The highest BCUT2D eigenvalue weighted by Crippen LogP contribution is 2.30. The number of rotatable bonds is 5. The summed E-state index contributed by atoms with van der Waals surface area (Å²) in [7, 11) is 0. The van der Waals surface area contributed by atoms with Gasteiger partial charge >= 0.3 is 0 Å². The van der Waals surface area contributed by atoms with Gasteiger partial charge in [-0.25, -0.2) is 0 Å². The van der Waals surface area contributed by atoms with Crippen molar-refractivity contribution in [2.24, 2.45) is 0 Å². The van der Waals surface area contributed by atoms with Gasteiger partial charge in [0.05, 0.1) is 6.04 Å². The van der Waals surface area contributed by atoms with Gasteiger partial charge in [0, 0.05) is 43.9 Å². The van der Waals surface area contributed by atoms with Crippen LogP contribution in [0.3, 0.4) is 0 Å². The first-order valence-electron chi connectivity index (χ1n) is 10.4. The molecule has 3 aliphatic rings. The van der Waals surface area contributed by atoms with E-state index in [1.54, 1.807) is 4.90 Å². The third kappa shape index (κ3) is 3.35. The van der Waals surface area contributed by atoms with E-state index in [0.29, 0.717) is 31.1 Å². The number of hydrogen-bond donors (Lipinski definition) is 3. The molecule has 1 aromatic carbocycles. The molecule has 0 aliphatic carbocycles.